The van der Waals surface area contributed by atoms with Gasteiger partial charge in [0.25, 0.3) is 0 Å². The normalized spacial score (nSPS) is 11.4. The number of nitrogens with zero attached hydrogens (tertiary/aromatic N) is 2. The Morgan fingerprint density at radius 3 is 2.08 bits per heavy atom. The van der Waals surface area contributed by atoms with Gasteiger partial charge in [-0.05, 0) is 50.3 Å². The Bertz CT molecular complexity index is 1170. The molecule has 2 amide bonds. The van der Waals surface area contributed by atoms with Gasteiger partial charge in [-0.2, -0.15) is 0 Å². The minimum Gasteiger partial charge on any atom is -0.423 e. The number of hydrogen-bond acceptors (Lipinski definition) is 7. The Hall–Kier alpha value is -3.26. The first-order valence-corrected chi connectivity index (χ1v) is 11.1. The van der Waals surface area contributed by atoms with Crippen LogP contribution in [0, 0.1) is 6.92 Å². The summed E-state index contributed by atoms with van der Waals surface area (Å²) in [6.07, 6.45) is 1.52. The van der Waals surface area contributed by atoms with Crippen LogP contribution in [0.15, 0.2) is 43.5 Å². The second kappa shape index (κ2) is 18.1. The number of benzene rings is 1. The average molecular weight is 597 g/mol. The van der Waals surface area contributed by atoms with E-state index < -0.39 is 29.5 Å². The third-order valence-electron chi connectivity index (χ3n) is 5.10. The maximum absolute atomic E-state index is 13.0. The lowest BCUT2D eigenvalue weighted by molar-refractivity contribution is -0.127. The number of anilines is 1. The summed E-state index contributed by atoms with van der Waals surface area (Å²) in [6, 6.07) is 4.61. The van der Waals surface area contributed by atoms with Crippen LogP contribution in [0.3, 0.4) is 0 Å². The summed E-state index contributed by atoms with van der Waals surface area (Å²) in [5, 5.41) is 6.18. The van der Waals surface area contributed by atoms with Crippen LogP contribution >= 0.6 is 37.2 Å². The molecule has 2 rings (SSSR count). The number of hydrogen-bond donors (Lipinski definition) is 7. The monoisotopic (exact) mass is 595 g/mol. The molecule has 0 fully saturated rings. The lowest BCUT2D eigenvalue weighted by Crippen LogP contribution is -2.50. The Morgan fingerprint density at radius 2 is 1.50 bits per heavy atom. The quantitative estimate of drug-likeness (QED) is 0.0765. The molecule has 1 aromatic heterocycles. The molecule has 2 unspecified atom stereocenters. The Kier molecular flexibility index (Phi) is 17.5. The molecule has 12 N–H and O–H groups in total. The van der Waals surface area contributed by atoms with Crippen LogP contribution in [0.2, 0.25) is 0 Å². The first-order chi connectivity index (χ1) is 16.6. The fraction of sp³-hybridized carbons (Fsp3) is 0.409. The molecule has 38 heavy (non-hydrogen) atoms. The highest BCUT2D eigenvalue weighted by Crippen LogP contribution is 2.21. The first-order valence-electron chi connectivity index (χ1n) is 11.1. The van der Waals surface area contributed by atoms with E-state index in [4.69, 9.17) is 33.1 Å². The lowest BCUT2D eigenvalue weighted by Gasteiger charge is -2.20. The fourth-order valence-corrected chi connectivity index (χ4v) is 3.33. The molecule has 214 valence electrons. The average Bonchev–Trinajstić information content (AvgIpc) is 2.77. The number of carbonyl (C=O) groups excluding carboxylic acids is 2. The zero-order valence-corrected chi connectivity index (χ0v) is 23.3. The zero-order chi connectivity index (χ0) is 26.0. The number of rotatable bonds is 12. The van der Waals surface area contributed by atoms with Crippen LogP contribution in [-0.4, -0.2) is 48.9 Å². The van der Waals surface area contributed by atoms with Gasteiger partial charge in [-0.15, -0.1) is 37.2 Å². The van der Waals surface area contributed by atoms with Crippen LogP contribution in [0.25, 0.3) is 11.0 Å². The topological polar surface area (TPSA) is 243 Å². The van der Waals surface area contributed by atoms with Crippen LogP contribution < -0.4 is 44.9 Å². The van der Waals surface area contributed by atoms with Gasteiger partial charge in [0, 0.05) is 36.3 Å². The summed E-state index contributed by atoms with van der Waals surface area (Å²) in [4.78, 5) is 45.1. The van der Waals surface area contributed by atoms with Gasteiger partial charge in [-0.25, -0.2) is 4.79 Å². The van der Waals surface area contributed by atoms with E-state index in [1.54, 1.807) is 25.1 Å². The predicted molar refractivity (Wildman–Crippen MR) is 157 cm³/mol. The van der Waals surface area contributed by atoms with Gasteiger partial charge in [0.05, 0.1) is 6.04 Å². The summed E-state index contributed by atoms with van der Waals surface area (Å²) >= 11 is 0. The third kappa shape index (κ3) is 12.3. The molecule has 2 aromatic rings. The van der Waals surface area contributed by atoms with E-state index in [1.165, 1.54) is 6.07 Å². The number of aliphatic imine (C=N–C) groups is 2. The minimum atomic E-state index is -0.902. The smallest absolute Gasteiger partial charge is 0.336 e. The van der Waals surface area contributed by atoms with Crippen LogP contribution in [0.4, 0.5) is 5.69 Å². The number of aryl methyl sites for hydroxylation is 1. The molecule has 0 aliphatic heterocycles. The van der Waals surface area contributed by atoms with E-state index in [2.05, 4.69) is 20.6 Å². The minimum absolute atomic E-state index is 0. The molecule has 0 saturated heterocycles. The molecule has 2 atom stereocenters. The summed E-state index contributed by atoms with van der Waals surface area (Å²) in [6.45, 7) is 2.41. The van der Waals surface area contributed by atoms with E-state index in [1.807, 2.05) is 0 Å². The standard InChI is InChI=1S/C22H33N9O4.3ClH/c1-12-10-18(32)35-17-11-13(6-7-14(12)17)30-20(34)16(5-3-9-29-22(26)27)31-19(33)15(23)4-2-8-28-21(24)25;;;/h6-7,10-11,15-16H,2-5,8-9,23H2,1H3,(H,30,34)(H,31,33)(H4,24,25,28)(H4,26,27,29);3*1H. The summed E-state index contributed by atoms with van der Waals surface area (Å²) in [5.41, 5.74) is 28.2. The van der Waals surface area contributed by atoms with Gasteiger partial charge >= 0.3 is 5.63 Å². The largest absolute Gasteiger partial charge is 0.423 e. The van der Waals surface area contributed by atoms with Gasteiger partial charge in [-0.3, -0.25) is 19.6 Å². The Balaban J connectivity index is 0. The summed E-state index contributed by atoms with van der Waals surface area (Å²) < 4.78 is 5.23. The molecular weight excluding hydrogens is 561 g/mol. The molecular formula is C22H36Cl3N9O4. The zero-order valence-electron chi connectivity index (χ0n) is 20.8. The molecule has 13 nitrogen and oxygen atoms in total. The number of halogens is 3. The van der Waals surface area contributed by atoms with Crippen molar-refractivity contribution in [2.45, 2.75) is 44.7 Å². The second-order valence-corrected chi connectivity index (χ2v) is 8.01. The summed E-state index contributed by atoms with van der Waals surface area (Å²) in [7, 11) is 0. The molecule has 0 aliphatic rings. The molecule has 0 saturated carbocycles. The lowest BCUT2D eigenvalue weighted by atomic mass is 10.1. The Labute approximate surface area is 238 Å². The van der Waals surface area contributed by atoms with E-state index in [-0.39, 0.29) is 62.1 Å². The van der Waals surface area contributed by atoms with Crippen LogP contribution in [0.5, 0.6) is 0 Å². The fourth-order valence-electron chi connectivity index (χ4n) is 3.33. The van der Waals surface area contributed by atoms with Crippen molar-refractivity contribution < 1.29 is 14.0 Å². The van der Waals surface area contributed by atoms with Crippen molar-refractivity contribution in [3.63, 3.8) is 0 Å². The number of nitrogens with one attached hydrogen (secondary N) is 2. The van der Waals surface area contributed by atoms with Crippen molar-refractivity contribution in [3.8, 4) is 0 Å². The van der Waals surface area contributed by atoms with Crippen LogP contribution in [0.1, 0.15) is 31.2 Å². The van der Waals surface area contributed by atoms with Gasteiger partial charge in [0.15, 0.2) is 11.9 Å². The van der Waals surface area contributed by atoms with E-state index >= 15 is 0 Å². The first kappa shape index (κ1) is 36.9. The summed E-state index contributed by atoms with van der Waals surface area (Å²) in [5.74, 6) is -1.06. The van der Waals surface area contributed by atoms with Gasteiger partial charge < -0.3 is 43.7 Å². The maximum atomic E-state index is 13.0. The Morgan fingerprint density at radius 1 is 0.921 bits per heavy atom. The maximum Gasteiger partial charge on any atom is 0.336 e. The van der Waals surface area contributed by atoms with Gasteiger partial charge in [-0.1, -0.05) is 0 Å². The number of fused-ring (bicyclic) bond motifs is 1. The molecule has 1 heterocycles. The molecule has 0 spiro atoms. The van der Waals surface area contributed by atoms with E-state index in [0.717, 1.165) is 10.9 Å². The highest BCUT2D eigenvalue weighted by atomic mass is 35.5. The number of amides is 2. The highest BCUT2D eigenvalue weighted by Gasteiger charge is 2.23. The van der Waals surface area contributed by atoms with Gasteiger partial charge in [0.1, 0.15) is 11.6 Å². The SMILES string of the molecule is Cc1cc(=O)oc2cc(NC(=O)C(CCCN=C(N)N)NC(=O)C(N)CCCN=C(N)N)ccc12.Cl.Cl.Cl. The van der Waals surface area contributed by atoms with Crippen molar-refractivity contribution in [1.29, 1.82) is 0 Å². The van der Waals surface area contributed by atoms with Crippen molar-refractivity contribution in [3.05, 3.63) is 40.2 Å². The molecule has 0 aliphatic carbocycles. The van der Waals surface area contributed by atoms with Crippen molar-refractivity contribution in [1.82, 2.24) is 5.32 Å². The van der Waals surface area contributed by atoms with Crippen LogP contribution in [-0.2, 0) is 9.59 Å². The van der Waals surface area contributed by atoms with Crippen molar-refractivity contribution in [2.24, 2.45) is 38.7 Å². The number of guanidine groups is 2. The second-order valence-electron chi connectivity index (χ2n) is 8.01. The molecule has 0 bridgehead atoms. The van der Waals surface area contributed by atoms with Gasteiger partial charge in [0.2, 0.25) is 11.8 Å². The highest BCUT2D eigenvalue weighted by molar-refractivity contribution is 5.99. The molecule has 1 aromatic carbocycles. The predicted octanol–water partition coefficient (Wildman–Crippen LogP) is 0.225. The van der Waals surface area contributed by atoms with Crippen molar-refractivity contribution in [2.75, 3.05) is 18.4 Å². The van der Waals surface area contributed by atoms with E-state index in [9.17, 15) is 14.4 Å². The molecule has 16 heteroatoms. The number of nitrogens with two attached hydrogens (primary N) is 5. The number of carbonyl (C=O) groups is 2. The third-order valence-corrected chi connectivity index (χ3v) is 5.10. The molecule has 0 radical (unpaired) electrons. The van der Waals surface area contributed by atoms with E-state index in [0.29, 0.717) is 37.1 Å². The van der Waals surface area contributed by atoms with Crippen molar-refractivity contribution >= 4 is 77.6 Å².